The molecule has 5 heteroatoms. The van der Waals surface area contributed by atoms with Gasteiger partial charge in [0.2, 0.25) is 12.7 Å². The third kappa shape index (κ3) is 3.02. The van der Waals surface area contributed by atoms with Crippen molar-refractivity contribution in [3.05, 3.63) is 70.9 Å². The number of aromatic nitrogens is 1. The van der Waals surface area contributed by atoms with Gasteiger partial charge in [-0.15, -0.1) is 0 Å². The lowest BCUT2D eigenvalue weighted by atomic mass is 9.94. The fraction of sp³-hybridized carbons (Fsp3) is 0.280. The first-order valence-corrected chi connectivity index (χ1v) is 10.2. The number of carbonyl (C=O) groups is 1. The van der Waals surface area contributed by atoms with Crippen molar-refractivity contribution in [2.45, 2.75) is 39.0 Å². The maximum absolute atomic E-state index is 13.2. The molecule has 0 saturated heterocycles. The van der Waals surface area contributed by atoms with Crippen molar-refractivity contribution in [3.8, 4) is 22.6 Å². The average Bonchev–Trinajstić information content (AvgIpc) is 3.42. The monoisotopic (exact) mass is 400 g/mol. The Morgan fingerprint density at radius 3 is 2.57 bits per heavy atom. The smallest absolute Gasteiger partial charge is 0.236 e. The van der Waals surface area contributed by atoms with Gasteiger partial charge in [0.15, 0.2) is 11.5 Å². The predicted molar refractivity (Wildman–Crippen MR) is 116 cm³/mol. The minimum Gasteiger partial charge on any atom is -0.454 e. The van der Waals surface area contributed by atoms with Gasteiger partial charge >= 0.3 is 0 Å². The van der Waals surface area contributed by atoms with Crippen molar-refractivity contribution >= 4 is 11.7 Å². The van der Waals surface area contributed by atoms with Gasteiger partial charge in [0.25, 0.3) is 0 Å². The molecule has 1 fully saturated rings. The summed E-state index contributed by atoms with van der Waals surface area (Å²) in [6.07, 6.45) is 3.49. The van der Waals surface area contributed by atoms with E-state index in [0.717, 1.165) is 46.4 Å². The van der Waals surface area contributed by atoms with E-state index in [4.69, 9.17) is 9.47 Å². The second-order valence-corrected chi connectivity index (χ2v) is 8.24. The summed E-state index contributed by atoms with van der Waals surface area (Å²) in [6.45, 7) is 6.40. The summed E-state index contributed by atoms with van der Waals surface area (Å²) < 4.78 is 10.9. The Bertz CT molecular complexity index is 1170. The molecule has 1 amide bonds. The van der Waals surface area contributed by atoms with Crippen molar-refractivity contribution in [2.75, 3.05) is 12.1 Å². The molecule has 5 nitrogen and oxygen atoms in total. The van der Waals surface area contributed by atoms with Gasteiger partial charge in [-0.1, -0.05) is 35.9 Å². The number of benzene rings is 2. The highest BCUT2D eigenvalue weighted by molar-refractivity contribution is 6.01. The Balaban J connectivity index is 1.42. The van der Waals surface area contributed by atoms with E-state index in [-0.39, 0.29) is 12.7 Å². The number of hydrogen-bond donors (Lipinski definition) is 1. The SMILES string of the molecule is Cc1cccc(-c2cnc(NC(=O)C3(c4ccc5c(c4)OCO5)CC3)c(C)c2C)c1. The van der Waals surface area contributed by atoms with Crippen molar-refractivity contribution < 1.29 is 14.3 Å². The van der Waals surface area contributed by atoms with Crippen LogP contribution in [0.15, 0.2) is 48.7 Å². The molecule has 30 heavy (non-hydrogen) atoms. The molecule has 0 radical (unpaired) electrons. The molecule has 1 aliphatic carbocycles. The largest absolute Gasteiger partial charge is 0.454 e. The molecule has 1 aromatic heterocycles. The molecule has 1 aliphatic heterocycles. The molecule has 5 rings (SSSR count). The number of amides is 1. The van der Waals surface area contributed by atoms with Gasteiger partial charge in [-0.2, -0.15) is 0 Å². The first-order valence-electron chi connectivity index (χ1n) is 10.2. The molecule has 2 aromatic carbocycles. The Morgan fingerprint density at radius 2 is 1.80 bits per heavy atom. The van der Waals surface area contributed by atoms with E-state index in [1.54, 1.807) is 0 Å². The highest BCUT2D eigenvalue weighted by Gasteiger charge is 2.52. The molecule has 0 spiro atoms. The summed E-state index contributed by atoms with van der Waals surface area (Å²) in [7, 11) is 0. The third-order valence-electron chi connectivity index (χ3n) is 6.32. The van der Waals surface area contributed by atoms with Gasteiger partial charge in [0.05, 0.1) is 5.41 Å². The Morgan fingerprint density at radius 1 is 1.00 bits per heavy atom. The number of anilines is 1. The number of fused-ring (bicyclic) bond motifs is 1. The highest BCUT2D eigenvalue weighted by atomic mass is 16.7. The zero-order chi connectivity index (χ0) is 20.9. The lowest BCUT2D eigenvalue weighted by molar-refractivity contribution is -0.118. The number of rotatable bonds is 4. The quantitative estimate of drug-likeness (QED) is 0.664. The Labute approximate surface area is 176 Å². The van der Waals surface area contributed by atoms with Gasteiger partial charge in [-0.3, -0.25) is 4.79 Å². The second kappa shape index (κ2) is 6.87. The fourth-order valence-electron chi connectivity index (χ4n) is 4.13. The highest BCUT2D eigenvalue weighted by Crippen LogP contribution is 2.51. The lowest BCUT2D eigenvalue weighted by Crippen LogP contribution is -2.28. The van der Waals surface area contributed by atoms with E-state index in [1.165, 1.54) is 5.56 Å². The van der Waals surface area contributed by atoms with E-state index in [0.29, 0.717) is 11.6 Å². The van der Waals surface area contributed by atoms with Crippen LogP contribution < -0.4 is 14.8 Å². The molecule has 0 bridgehead atoms. The maximum atomic E-state index is 13.2. The van der Waals surface area contributed by atoms with Gasteiger partial charge in [-0.25, -0.2) is 4.98 Å². The van der Waals surface area contributed by atoms with Crippen LogP contribution in [-0.2, 0) is 10.2 Å². The van der Waals surface area contributed by atoms with Crippen LogP contribution in [0.1, 0.15) is 35.1 Å². The summed E-state index contributed by atoms with van der Waals surface area (Å²) in [6, 6.07) is 14.2. The molecule has 0 unspecified atom stereocenters. The molecule has 1 N–H and O–H groups in total. The van der Waals surface area contributed by atoms with Crippen LogP contribution in [0.4, 0.5) is 5.82 Å². The van der Waals surface area contributed by atoms with E-state index >= 15 is 0 Å². The molecule has 0 atom stereocenters. The van der Waals surface area contributed by atoms with Gasteiger partial charge in [0, 0.05) is 11.8 Å². The van der Waals surface area contributed by atoms with E-state index in [1.807, 2.05) is 31.3 Å². The molecule has 2 heterocycles. The zero-order valence-electron chi connectivity index (χ0n) is 17.4. The molecule has 2 aliphatic rings. The number of carbonyl (C=O) groups excluding carboxylic acids is 1. The van der Waals surface area contributed by atoms with Gasteiger partial charge in [-0.05, 0) is 68.0 Å². The van der Waals surface area contributed by atoms with Crippen LogP contribution in [0.5, 0.6) is 11.5 Å². The first-order chi connectivity index (χ1) is 14.5. The van der Waals surface area contributed by atoms with Crippen LogP contribution in [0.25, 0.3) is 11.1 Å². The minimum absolute atomic E-state index is 0.0142. The fourth-order valence-corrected chi connectivity index (χ4v) is 4.13. The summed E-state index contributed by atoms with van der Waals surface area (Å²) in [5.74, 6) is 2.05. The zero-order valence-corrected chi connectivity index (χ0v) is 17.4. The van der Waals surface area contributed by atoms with Crippen LogP contribution in [0.2, 0.25) is 0 Å². The normalized spacial score (nSPS) is 15.7. The van der Waals surface area contributed by atoms with E-state index < -0.39 is 5.41 Å². The molecular weight excluding hydrogens is 376 g/mol. The van der Waals surface area contributed by atoms with Crippen LogP contribution in [0, 0.1) is 20.8 Å². The number of nitrogens with zero attached hydrogens (tertiary/aromatic N) is 1. The summed E-state index contributed by atoms with van der Waals surface area (Å²) in [4.78, 5) is 17.8. The van der Waals surface area contributed by atoms with Crippen LogP contribution >= 0.6 is 0 Å². The summed E-state index contributed by atoms with van der Waals surface area (Å²) in [5, 5.41) is 3.09. The number of hydrogen-bond acceptors (Lipinski definition) is 4. The van der Waals surface area contributed by atoms with E-state index in [9.17, 15) is 4.79 Å². The topological polar surface area (TPSA) is 60.5 Å². The first kappa shape index (κ1) is 18.7. The second-order valence-electron chi connectivity index (χ2n) is 8.24. The number of pyridine rings is 1. The standard InChI is InChI=1S/C25H24N2O3/c1-15-5-4-6-18(11-15)20-13-26-23(17(3)16(20)2)27-24(28)25(9-10-25)19-7-8-21-22(12-19)30-14-29-21/h4-8,11-13H,9-10,14H2,1-3H3,(H,26,27,28). The molecule has 152 valence electrons. The van der Waals surface area contributed by atoms with Crippen molar-refractivity contribution in [3.63, 3.8) is 0 Å². The van der Waals surface area contributed by atoms with Gasteiger partial charge < -0.3 is 14.8 Å². The van der Waals surface area contributed by atoms with Crippen molar-refractivity contribution in [1.29, 1.82) is 0 Å². The summed E-state index contributed by atoms with van der Waals surface area (Å²) in [5.41, 5.74) is 6.00. The number of ether oxygens (including phenoxy) is 2. The lowest BCUT2D eigenvalue weighted by Gasteiger charge is -2.18. The maximum Gasteiger partial charge on any atom is 0.236 e. The van der Waals surface area contributed by atoms with Crippen molar-refractivity contribution in [2.24, 2.45) is 0 Å². The number of nitrogens with one attached hydrogen (secondary N) is 1. The third-order valence-corrected chi connectivity index (χ3v) is 6.32. The molecule has 1 saturated carbocycles. The minimum atomic E-state index is -0.516. The predicted octanol–water partition coefficient (Wildman–Crippen LogP) is 5.07. The van der Waals surface area contributed by atoms with Crippen LogP contribution in [-0.4, -0.2) is 17.7 Å². The van der Waals surface area contributed by atoms with E-state index in [2.05, 4.69) is 48.4 Å². The van der Waals surface area contributed by atoms with Crippen molar-refractivity contribution in [1.82, 2.24) is 4.98 Å². The average molecular weight is 400 g/mol. The molecule has 3 aromatic rings. The Hall–Kier alpha value is -3.34. The Kier molecular flexibility index (Phi) is 4.28. The van der Waals surface area contributed by atoms with Crippen LogP contribution in [0.3, 0.4) is 0 Å². The van der Waals surface area contributed by atoms with Gasteiger partial charge in [0.1, 0.15) is 5.82 Å². The summed E-state index contributed by atoms with van der Waals surface area (Å²) >= 11 is 0. The molecular formula is C25H24N2O3. The number of aryl methyl sites for hydroxylation is 1.